The number of nitrogens with zero attached hydrogens (tertiary/aromatic N) is 5. The number of nitriles is 1. The van der Waals surface area contributed by atoms with Crippen LogP contribution >= 0.6 is 0 Å². The van der Waals surface area contributed by atoms with E-state index in [1.165, 1.54) is 0 Å². The van der Waals surface area contributed by atoms with Crippen LogP contribution in [0, 0.1) is 23.7 Å². The molecule has 1 N–H and O–H groups in total. The van der Waals surface area contributed by atoms with E-state index in [-0.39, 0.29) is 6.10 Å². The predicted molar refractivity (Wildman–Crippen MR) is 126 cm³/mol. The first-order chi connectivity index (χ1) is 15.9. The molecule has 1 aliphatic heterocycles. The second-order valence-corrected chi connectivity index (χ2v) is 9.02. The maximum absolute atomic E-state index is 9.30. The highest BCUT2D eigenvalue weighted by molar-refractivity contribution is 5.65. The summed E-state index contributed by atoms with van der Waals surface area (Å²) in [5.74, 6) is 1.24. The number of hydrogen-bond donors (Lipinski definition) is 1. The third kappa shape index (κ3) is 5.32. The number of benzene rings is 1. The number of aromatic nitrogens is 4. The Balaban J connectivity index is 1.47. The molecule has 1 aromatic carbocycles. The van der Waals surface area contributed by atoms with Gasteiger partial charge in [-0.1, -0.05) is 0 Å². The van der Waals surface area contributed by atoms with Gasteiger partial charge in [0.25, 0.3) is 0 Å². The number of hydrogen-bond acceptors (Lipinski definition) is 7. The van der Waals surface area contributed by atoms with Crippen molar-refractivity contribution < 1.29 is 9.47 Å². The summed E-state index contributed by atoms with van der Waals surface area (Å²) in [7, 11) is 0. The first-order valence-corrected chi connectivity index (χ1v) is 11.3. The first-order valence-electron chi connectivity index (χ1n) is 11.3. The van der Waals surface area contributed by atoms with Gasteiger partial charge in [-0.15, -0.1) is 0 Å². The van der Waals surface area contributed by atoms with Crippen LogP contribution in [0.5, 0.6) is 5.75 Å². The van der Waals surface area contributed by atoms with Crippen LogP contribution in [0.4, 0.5) is 11.6 Å². The molecular formula is C25H30N6O2. The molecule has 0 aliphatic carbocycles. The van der Waals surface area contributed by atoms with Crippen LogP contribution in [-0.4, -0.2) is 39.1 Å². The van der Waals surface area contributed by atoms with Crippen LogP contribution in [-0.2, 0) is 4.74 Å². The summed E-state index contributed by atoms with van der Waals surface area (Å²) in [6.07, 6.45) is 7.32. The van der Waals surface area contributed by atoms with E-state index < -0.39 is 5.41 Å². The zero-order valence-electron chi connectivity index (χ0n) is 19.6. The van der Waals surface area contributed by atoms with Gasteiger partial charge < -0.3 is 14.8 Å². The molecule has 8 heteroatoms. The molecule has 8 nitrogen and oxygen atoms in total. The van der Waals surface area contributed by atoms with E-state index in [9.17, 15) is 5.26 Å². The molecule has 172 valence electrons. The molecule has 2 aromatic heterocycles. The highest BCUT2D eigenvalue weighted by Crippen LogP contribution is 2.28. The van der Waals surface area contributed by atoms with E-state index in [4.69, 9.17) is 14.5 Å². The van der Waals surface area contributed by atoms with Gasteiger partial charge >= 0.3 is 0 Å². The van der Waals surface area contributed by atoms with Crippen molar-refractivity contribution in [3.63, 3.8) is 0 Å². The number of nitrogens with one attached hydrogen (secondary N) is 1. The van der Waals surface area contributed by atoms with Gasteiger partial charge in [0, 0.05) is 31.2 Å². The van der Waals surface area contributed by atoms with Gasteiger partial charge in [0.1, 0.15) is 11.9 Å². The van der Waals surface area contributed by atoms with Gasteiger partial charge in [-0.2, -0.15) is 10.4 Å². The molecule has 0 radical (unpaired) electrons. The highest BCUT2D eigenvalue weighted by atomic mass is 16.5. The molecular weight excluding hydrogens is 416 g/mol. The Kier molecular flexibility index (Phi) is 6.61. The van der Waals surface area contributed by atoms with E-state index in [0.717, 1.165) is 54.3 Å². The molecule has 1 saturated heterocycles. The molecule has 3 aromatic rings. The normalized spacial score (nSPS) is 15.6. The Labute approximate surface area is 194 Å². The molecule has 0 bridgehead atoms. The lowest BCUT2D eigenvalue weighted by molar-refractivity contribution is 0.0662. The van der Waals surface area contributed by atoms with Gasteiger partial charge in [0.2, 0.25) is 5.95 Å². The van der Waals surface area contributed by atoms with Gasteiger partial charge in [-0.3, -0.25) is 4.68 Å². The Morgan fingerprint density at radius 1 is 1.21 bits per heavy atom. The molecule has 3 heterocycles. The molecule has 1 unspecified atom stereocenters. The van der Waals surface area contributed by atoms with Crippen LogP contribution in [0.1, 0.15) is 45.2 Å². The van der Waals surface area contributed by atoms with Crippen molar-refractivity contribution in [2.45, 2.75) is 52.7 Å². The summed E-state index contributed by atoms with van der Waals surface area (Å²) in [5.41, 5.74) is 3.08. The molecule has 1 fully saturated rings. The van der Waals surface area contributed by atoms with E-state index in [1.54, 1.807) is 6.20 Å². The van der Waals surface area contributed by atoms with Crippen LogP contribution in [0.2, 0.25) is 0 Å². The van der Waals surface area contributed by atoms with Gasteiger partial charge in [0.15, 0.2) is 0 Å². The fraction of sp³-hybridized carbons (Fsp3) is 0.440. The summed E-state index contributed by atoms with van der Waals surface area (Å²) in [6, 6.07) is 10.4. The largest absolute Gasteiger partial charge is 0.489 e. The second kappa shape index (κ2) is 9.59. The smallest absolute Gasteiger partial charge is 0.227 e. The van der Waals surface area contributed by atoms with Crippen molar-refractivity contribution in [1.82, 2.24) is 19.7 Å². The monoisotopic (exact) mass is 446 g/mol. The van der Waals surface area contributed by atoms with Gasteiger partial charge in [-0.25, -0.2) is 9.97 Å². The minimum Gasteiger partial charge on any atom is -0.489 e. The van der Waals surface area contributed by atoms with Crippen LogP contribution in [0.15, 0.2) is 42.9 Å². The lowest BCUT2D eigenvalue weighted by Crippen LogP contribution is -2.30. The average Bonchev–Trinajstić information content (AvgIpc) is 3.30. The summed E-state index contributed by atoms with van der Waals surface area (Å²) in [4.78, 5) is 9.18. The minimum atomic E-state index is -0.568. The molecule has 4 rings (SSSR count). The van der Waals surface area contributed by atoms with Crippen molar-refractivity contribution in [3.05, 3.63) is 48.4 Å². The lowest BCUT2D eigenvalue weighted by atomic mass is 9.89. The third-order valence-electron chi connectivity index (χ3n) is 6.14. The molecule has 0 amide bonds. The summed E-state index contributed by atoms with van der Waals surface area (Å²) >= 11 is 0. The van der Waals surface area contributed by atoms with Gasteiger partial charge in [-0.05, 0) is 70.4 Å². The van der Waals surface area contributed by atoms with Crippen molar-refractivity contribution in [2.75, 3.05) is 18.5 Å². The summed E-state index contributed by atoms with van der Waals surface area (Å²) in [6.45, 7) is 9.20. The Bertz CT molecular complexity index is 1130. The van der Waals surface area contributed by atoms with Crippen LogP contribution < -0.4 is 10.1 Å². The maximum atomic E-state index is 9.30. The molecule has 33 heavy (non-hydrogen) atoms. The molecule has 1 aliphatic rings. The average molecular weight is 447 g/mol. The number of aryl methyl sites for hydroxylation is 1. The van der Waals surface area contributed by atoms with E-state index in [0.29, 0.717) is 12.0 Å². The fourth-order valence-corrected chi connectivity index (χ4v) is 3.61. The number of rotatable bonds is 7. The van der Waals surface area contributed by atoms with Crippen molar-refractivity contribution in [2.24, 2.45) is 5.41 Å². The standard InChI is InChI=1S/C25H30N6O2/c1-17-13-27-24(29-20-14-28-31(15-20)21-9-11-32-12-10-21)30-23(17)19-5-7-22(8-6-19)33-18(2)25(3,4)16-26/h5-8,13-15,18,21H,9-12H2,1-4H3,(H,27,29,30). The van der Waals surface area contributed by atoms with E-state index >= 15 is 0 Å². The molecule has 0 spiro atoms. The fourth-order valence-electron chi connectivity index (χ4n) is 3.61. The Morgan fingerprint density at radius 3 is 2.64 bits per heavy atom. The lowest BCUT2D eigenvalue weighted by Gasteiger charge is -2.25. The van der Waals surface area contributed by atoms with Crippen molar-refractivity contribution in [3.8, 4) is 23.1 Å². The predicted octanol–water partition coefficient (Wildman–Crippen LogP) is 5.06. The first kappa shape index (κ1) is 22.7. The summed E-state index contributed by atoms with van der Waals surface area (Å²) < 4.78 is 13.4. The molecule has 0 saturated carbocycles. The van der Waals surface area contributed by atoms with E-state index in [1.807, 2.05) is 69.0 Å². The molecule has 1 atom stereocenters. The number of ether oxygens (including phenoxy) is 2. The minimum absolute atomic E-state index is 0.230. The van der Waals surface area contributed by atoms with Crippen LogP contribution in [0.25, 0.3) is 11.3 Å². The second-order valence-electron chi connectivity index (χ2n) is 9.02. The quantitative estimate of drug-likeness (QED) is 0.541. The zero-order valence-corrected chi connectivity index (χ0v) is 19.6. The zero-order chi connectivity index (χ0) is 23.4. The Hall–Kier alpha value is -3.44. The van der Waals surface area contributed by atoms with Crippen LogP contribution in [0.3, 0.4) is 0 Å². The maximum Gasteiger partial charge on any atom is 0.227 e. The number of anilines is 2. The third-order valence-corrected chi connectivity index (χ3v) is 6.14. The van der Waals surface area contributed by atoms with Gasteiger partial charge in [0.05, 0.1) is 35.1 Å². The SMILES string of the molecule is Cc1cnc(Nc2cnn(C3CCOCC3)c2)nc1-c1ccc(OC(C)C(C)(C)C#N)cc1. The topological polar surface area (TPSA) is 97.9 Å². The van der Waals surface area contributed by atoms with Crippen molar-refractivity contribution >= 4 is 11.6 Å². The van der Waals surface area contributed by atoms with Crippen molar-refractivity contribution in [1.29, 1.82) is 5.26 Å². The Morgan fingerprint density at radius 2 is 1.94 bits per heavy atom. The summed E-state index contributed by atoms with van der Waals surface area (Å²) in [5, 5.41) is 17.1. The highest BCUT2D eigenvalue weighted by Gasteiger charge is 2.27. The van der Waals surface area contributed by atoms with E-state index in [2.05, 4.69) is 21.5 Å².